The minimum absolute atomic E-state index is 0.0849. The molecule has 3 heterocycles. The number of hydrogen-bond acceptors (Lipinski definition) is 6. The lowest BCUT2D eigenvalue weighted by Crippen LogP contribution is -2.48. The maximum Gasteiger partial charge on any atom is 0.322 e. The van der Waals surface area contributed by atoms with Gasteiger partial charge in [0.05, 0.1) is 16.8 Å². The fourth-order valence-corrected chi connectivity index (χ4v) is 5.23. The van der Waals surface area contributed by atoms with E-state index in [4.69, 9.17) is 4.74 Å². The first kappa shape index (κ1) is 20.7. The molecule has 166 valence electrons. The molecule has 2 N–H and O–H groups in total. The molecule has 1 aliphatic carbocycles. The molecule has 3 amide bonds. The lowest BCUT2D eigenvalue weighted by molar-refractivity contribution is -0.114. The van der Waals surface area contributed by atoms with Crippen molar-refractivity contribution in [3.8, 4) is 17.0 Å². The molecule has 1 aliphatic heterocycles. The fraction of sp³-hybridized carbons (Fsp3) is 0.391. The predicted octanol–water partition coefficient (Wildman–Crippen LogP) is 4.56. The number of nitrogens with one attached hydrogen (secondary N) is 2. The topological polar surface area (TPSA) is 96.5 Å². The number of anilines is 2. The van der Waals surface area contributed by atoms with Gasteiger partial charge in [-0.1, -0.05) is 36.7 Å². The Bertz CT molecular complexity index is 1170. The third-order valence-electron chi connectivity index (χ3n) is 5.86. The first-order valence-corrected chi connectivity index (χ1v) is 11.8. The van der Waals surface area contributed by atoms with Gasteiger partial charge in [-0.05, 0) is 36.6 Å². The third kappa shape index (κ3) is 4.25. The zero-order valence-electron chi connectivity index (χ0n) is 17.9. The molecule has 0 radical (unpaired) electrons. The molecule has 0 spiro atoms. The second kappa shape index (κ2) is 8.74. The standard InChI is InChI=1S/C23H25N5O3S/c1-14(29)25-22-27-18-8-7-15(12-20(18)32-22)16-11-19-21(24-13-16)31-10-9-28(19)23(30)26-17-5-3-2-4-6-17/h7-8,11-13,17H,2-6,9-10H2,1H3,(H,26,30)(H,25,27,29). The van der Waals surface area contributed by atoms with Crippen LogP contribution in [-0.4, -0.2) is 41.1 Å². The van der Waals surface area contributed by atoms with Crippen molar-refractivity contribution < 1.29 is 14.3 Å². The van der Waals surface area contributed by atoms with Gasteiger partial charge >= 0.3 is 6.03 Å². The van der Waals surface area contributed by atoms with E-state index in [1.54, 1.807) is 11.1 Å². The molecule has 1 aromatic carbocycles. The monoisotopic (exact) mass is 451 g/mol. The molecular formula is C23H25N5O3S. The van der Waals surface area contributed by atoms with Gasteiger partial charge in [-0.25, -0.2) is 14.8 Å². The van der Waals surface area contributed by atoms with Crippen LogP contribution in [0.3, 0.4) is 0 Å². The van der Waals surface area contributed by atoms with Gasteiger partial charge in [0.15, 0.2) is 5.13 Å². The number of amides is 3. The number of aromatic nitrogens is 2. The van der Waals surface area contributed by atoms with Gasteiger partial charge in [-0.2, -0.15) is 0 Å². The lowest BCUT2D eigenvalue weighted by atomic mass is 9.96. The second-order valence-electron chi connectivity index (χ2n) is 8.22. The van der Waals surface area contributed by atoms with Gasteiger partial charge in [0, 0.05) is 24.7 Å². The van der Waals surface area contributed by atoms with Crippen molar-refractivity contribution in [3.63, 3.8) is 0 Å². The average Bonchev–Trinajstić information content (AvgIpc) is 3.19. The van der Waals surface area contributed by atoms with Gasteiger partial charge in [-0.3, -0.25) is 9.69 Å². The summed E-state index contributed by atoms with van der Waals surface area (Å²) in [5.74, 6) is 0.334. The number of pyridine rings is 1. The molecule has 5 rings (SSSR count). The Morgan fingerprint density at radius 2 is 2.00 bits per heavy atom. The summed E-state index contributed by atoms with van der Waals surface area (Å²) in [4.78, 5) is 35.0. The minimum atomic E-state index is -0.144. The lowest BCUT2D eigenvalue weighted by Gasteiger charge is -2.31. The number of benzene rings is 1. The van der Waals surface area contributed by atoms with Gasteiger partial charge < -0.3 is 15.4 Å². The molecule has 9 heteroatoms. The number of carbonyl (C=O) groups is 2. The smallest absolute Gasteiger partial charge is 0.322 e. The van der Waals surface area contributed by atoms with Crippen LogP contribution in [0.4, 0.5) is 15.6 Å². The first-order chi connectivity index (χ1) is 15.6. The van der Waals surface area contributed by atoms with Gasteiger partial charge in [0.25, 0.3) is 0 Å². The van der Waals surface area contributed by atoms with E-state index in [9.17, 15) is 9.59 Å². The quantitative estimate of drug-likeness (QED) is 0.609. The maximum absolute atomic E-state index is 13.0. The van der Waals surface area contributed by atoms with Crippen LogP contribution in [0.5, 0.6) is 5.88 Å². The summed E-state index contributed by atoms with van der Waals surface area (Å²) in [6.45, 7) is 2.38. The van der Waals surface area contributed by atoms with Crippen molar-refractivity contribution in [1.29, 1.82) is 0 Å². The molecule has 0 unspecified atom stereocenters. The maximum atomic E-state index is 13.0. The van der Waals surface area contributed by atoms with Crippen molar-refractivity contribution in [2.45, 2.75) is 45.1 Å². The summed E-state index contributed by atoms with van der Waals surface area (Å²) in [5, 5.41) is 6.50. The number of hydrogen-bond donors (Lipinski definition) is 2. The molecule has 0 bridgehead atoms. The Labute approximate surface area is 190 Å². The summed E-state index contributed by atoms with van der Waals surface area (Å²) in [5.41, 5.74) is 3.36. The molecule has 2 aromatic heterocycles. The van der Waals surface area contributed by atoms with Crippen LogP contribution < -0.4 is 20.3 Å². The molecule has 0 saturated heterocycles. The van der Waals surface area contributed by atoms with Crippen molar-refractivity contribution >= 4 is 44.3 Å². The highest BCUT2D eigenvalue weighted by Gasteiger charge is 2.27. The highest BCUT2D eigenvalue weighted by atomic mass is 32.1. The zero-order chi connectivity index (χ0) is 22.1. The summed E-state index contributed by atoms with van der Waals surface area (Å²) in [6.07, 6.45) is 7.42. The summed E-state index contributed by atoms with van der Waals surface area (Å²) < 4.78 is 6.68. The molecule has 1 saturated carbocycles. The Hall–Kier alpha value is -3.20. The van der Waals surface area contributed by atoms with E-state index in [1.165, 1.54) is 37.5 Å². The number of thiazole rings is 1. The summed E-state index contributed by atoms with van der Waals surface area (Å²) in [7, 11) is 0. The van der Waals surface area contributed by atoms with E-state index in [2.05, 4.69) is 20.6 Å². The van der Waals surface area contributed by atoms with Gasteiger partial charge in [-0.15, -0.1) is 0 Å². The molecule has 0 atom stereocenters. The van der Waals surface area contributed by atoms with Crippen LogP contribution in [0.1, 0.15) is 39.0 Å². The highest BCUT2D eigenvalue weighted by Crippen LogP contribution is 2.36. The minimum Gasteiger partial charge on any atom is -0.474 e. The average molecular weight is 452 g/mol. The van der Waals surface area contributed by atoms with Gasteiger partial charge in [0.2, 0.25) is 11.8 Å². The molecule has 8 nitrogen and oxygen atoms in total. The van der Waals surface area contributed by atoms with Crippen molar-refractivity contribution in [3.05, 3.63) is 30.5 Å². The van der Waals surface area contributed by atoms with E-state index >= 15 is 0 Å². The molecule has 3 aromatic rings. The molecule has 32 heavy (non-hydrogen) atoms. The van der Waals surface area contributed by atoms with Crippen LogP contribution in [0, 0.1) is 0 Å². The second-order valence-corrected chi connectivity index (χ2v) is 9.25. The van der Waals surface area contributed by atoms with Crippen LogP contribution in [-0.2, 0) is 4.79 Å². The third-order valence-corrected chi connectivity index (χ3v) is 6.79. The Morgan fingerprint density at radius 1 is 1.16 bits per heavy atom. The van der Waals surface area contributed by atoms with E-state index in [0.29, 0.717) is 29.9 Å². The summed E-state index contributed by atoms with van der Waals surface area (Å²) in [6, 6.07) is 8.04. The Morgan fingerprint density at radius 3 is 2.81 bits per heavy atom. The van der Waals surface area contributed by atoms with E-state index in [0.717, 1.165) is 34.2 Å². The highest BCUT2D eigenvalue weighted by molar-refractivity contribution is 7.22. The van der Waals surface area contributed by atoms with E-state index in [-0.39, 0.29) is 18.0 Å². The number of rotatable bonds is 3. The molecule has 1 fully saturated rings. The van der Waals surface area contributed by atoms with E-state index < -0.39 is 0 Å². The van der Waals surface area contributed by atoms with Crippen LogP contribution in [0.2, 0.25) is 0 Å². The molecule has 2 aliphatic rings. The van der Waals surface area contributed by atoms with Crippen molar-refractivity contribution in [1.82, 2.24) is 15.3 Å². The number of fused-ring (bicyclic) bond motifs is 2. The number of ether oxygens (including phenoxy) is 1. The first-order valence-electron chi connectivity index (χ1n) is 11.0. The largest absolute Gasteiger partial charge is 0.474 e. The summed E-state index contributed by atoms with van der Waals surface area (Å²) >= 11 is 1.43. The number of urea groups is 1. The fourth-order valence-electron chi connectivity index (χ4n) is 4.28. The van der Waals surface area contributed by atoms with Crippen LogP contribution in [0.15, 0.2) is 30.5 Å². The SMILES string of the molecule is CC(=O)Nc1nc2ccc(-c3cnc4c(c3)N(C(=O)NC3CCCCC3)CCO4)cc2s1. The predicted molar refractivity (Wildman–Crippen MR) is 125 cm³/mol. The zero-order valence-corrected chi connectivity index (χ0v) is 18.7. The van der Waals surface area contributed by atoms with E-state index in [1.807, 2.05) is 24.3 Å². The van der Waals surface area contributed by atoms with Crippen LogP contribution in [0.25, 0.3) is 21.3 Å². The molecular weight excluding hydrogens is 426 g/mol. The number of nitrogens with zero attached hydrogens (tertiary/aromatic N) is 3. The Kier molecular flexibility index (Phi) is 5.65. The normalized spacial score (nSPS) is 16.3. The van der Waals surface area contributed by atoms with Crippen molar-refractivity contribution in [2.24, 2.45) is 0 Å². The van der Waals surface area contributed by atoms with Gasteiger partial charge in [0.1, 0.15) is 12.3 Å². The van der Waals surface area contributed by atoms with Crippen molar-refractivity contribution in [2.75, 3.05) is 23.4 Å². The van der Waals surface area contributed by atoms with Crippen LogP contribution >= 0.6 is 11.3 Å². The number of carbonyl (C=O) groups excluding carboxylic acids is 2. The Balaban J connectivity index is 1.42.